The number of rotatable bonds is 9. The summed E-state index contributed by atoms with van der Waals surface area (Å²) in [6, 6.07) is 24.4. The number of hydrogen-bond acceptors (Lipinski definition) is 0. The standard InChI is InChI=1S/C37H40/c1-26(16-19-32-12-6-5-9-27(32)2)15-17-30-10-7-11-31(24-30)18-20-34-13-8-14-35-25-36(23-28(3)37(34)35)29(4)33-21-22-33/h5-14,16,19,24-25,28,33H,2,4,15,17-18,20-23H2,1,3H3/b26-16+,32-19-. The van der Waals surface area contributed by atoms with Crippen LogP contribution in [0.25, 0.3) is 18.7 Å². The van der Waals surface area contributed by atoms with Gasteiger partial charge in [0.2, 0.25) is 0 Å². The zero-order valence-corrected chi connectivity index (χ0v) is 22.6. The van der Waals surface area contributed by atoms with Crippen molar-refractivity contribution in [3.8, 4) is 0 Å². The van der Waals surface area contributed by atoms with Gasteiger partial charge in [-0.15, -0.1) is 0 Å². The highest BCUT2D eigenvalue weighted by Gasteiger charge is 2.29. The predicted octanol–water partition coefficient (Wildman–Crippen LogP) is 8.10. The van der Waals surface area contributed by atoms with Crippen LogP contribution >= 0.6 is 0 Å². The maximum absolute atomic E-state index is 4.43. The first-order chi connectivity index (χ1) is 18.0. The molecule has 0 aliphatic heterocycles. The third-order valence-electron chi connectivity index (χ3n) is 8.15. The first kappa shape index (κ1) is 25.3. The van der Waals surface area contributed by atoms with Crippen molar-refractivity contribution in [3.05, 3.63) is 134 Å². The Kier molecular flexibility index (Phi) is 7.75. The second-order valence-corrected chi connectivity index (χ2v) is 11.2. The maximum atomic E-state index is 4.43. The summed E-state index contributed by atoms with van der Waals surface area (Å²) in [4.78, 5) is 0. The molecule has 2 aliphatic rings. The van der Waals surface area contributed by atoms with Crippen LogP contribution in [0, 0.1) is 5.92 Å². The fourth-order valence-corrected chi connectivity index (χ4v) is 5.75. The van der Waals surface area contributed by atoms with Crippen molar-refractivity contribution in [1.82, 2.24) is 0 Å². The Morgan fingerprint density at radius 3 is 2.46 bits per heavy atom. The molecule has 0 amide bonds. The van der Waals surface area contributed by atoms with E-state index < -0.39 is 0 Å². The summed E-state index contributed by atoms with van der Waals surface area (Å²) in [6.45, 7) is 13.2. The fraction of sp³-hybridized carbons (Fsp3) is 0.297. The average molecular weight is 485 g/mol. The van der Waals surface area contributed by atoms with Gasteiger partial charge in [0.1, 0.15) is 0 Å². The van der Waals surface area contributed by atoms with Gasteiger partial charge in [-0.05, 0) is 113 Å². The maximum Gasteiger partial charge on any atom is -0.0141 e. The van der Waals surface area contributed by atoms with E-state index in [1.54, 1.807) is 5.56 Å². The molecule has 1 fully saturated rings. The summed E-state index contributed by atoms with van der Waals surface area (Å²) < 4.78 is 0. The Labute approximate surface area is 223 Å². The summed E-state index contributed by atoms with van der Waals surface area (Å²) in [6.07, 6.45) is 15.0. The number of benzene rings is 3. The van der Waals surface area contributed by atoms with Crippen LogP contribution in [0.5, 0.6) is 0 Å². The third-order valence-corrected chi connectivity index (χ3v) is 8.15. The van der Waals surface area contributed by atoms with E-state index >= 15 is 0 Å². The van der Waals surface area contributed by atoms with E-state index in [1.807, 2.05) is 6.07 Å². The van der Waals surface area contributed by atoms with Crippen molar-refractivity contribution in [1.29, 1.82) is 0 Å². The van der Waals surface area contributed by atoms with Crippen molar-refractivity contribution in [2.24, 2.45) is 5.92 Å². The Morgan fingerprint density at radius 2 is 1.68 bits per heavy atom. The van der Waals surface area contributed by atoms with Crippen LogP contribution in [0.4, 0.5) is 0 Å². The van der Waals surface area contributed by atoms with Gasteiger partial charge in [-0.3, -0.25) is 0 Å². The Morgan fingerprint density at radius 1 is 0.919 bits per heavy atom. The smallest absolute Gasteiger partial charge is 0.0141 e. The average Bonchev–Trinajstić information content (AvgIpc) is 3.75. The largest absolute Gasteiger partial charge is 0.0953 e. The lowest BCUT2D eigenvalue weighted by atomic mass is 9.78. The molecule has 0 saturated heterocycles. The SMILES string of the molecule is C=C(C1=Cc2cccc(CCc3cccc(CC/C(C)=C/C=c4/ccccc4=C)c3)c2C(C)C1)C1CC1. The Balaban J connectivity index is 1.23. The lowest BCUT2D eigenvalue weighted by molar-refractivity contribution is 0.722. The molecule has 0 radical (unpaired) electrons. The third kappa shape index (κ3) is 6.31. The molecule has 1 saturated carbocycles. The molecule has 0 nitrogen and oxygen atoms in total. The van der Waals surface area contributed by atoms with E-state index in [4.69, 9.17) is 0 Å². The monoisotopic (exact) mass is 484 g/mol. The van der Waals surface area contributed by atoms with Gasteiger partial charge in [-0.1, -0.05) is 111 Å². The van der Waals surface area contributed by atoms with E-state index in [0.29, 0.717) is 5.92 Å². The molecule has 0 N–H and O–H groups in total. The highest BCUT2D eigenvalue weighted by atomic mass is 14.3. The Hall–Kier alpha value is -3.38. The van der Waals surface area contributed by atoms with Gasteiger partial charge >= 0.3 is 0 Å². The molecule has 0 aromatic heterocycles. The van der Waals surface area contributed by atoms with Gasteiger partial charge in [0, 0.05) is 0 Å². The van der Waals surface area contributed by atoms with Gasteiger partial charge in [-0.2, -0.15) is 0 Å². The van der Waals surface area contributed by atoms with Crippen molar-refractivity contribution in [2.45, 2.75) is 64.7 Å². The molecule has 37 heavy (non-hydrogen) atoms. The molecule has 0 heteroatoms. The van der Waals surface area contributed by atoms with Crippen molar-refractivity contribution in [2.75, 3.05) is 0 Å². The molecule has 0 bridgehead atoms. The number of fused-ring (bicyclic) bond motifs is 1. The van der Waals surface area contributed by atoms with E-state index in [9.17, 15) is 0 Å². The second-order valence-electron chi connectivity index (χ2n) is 11.2. The van der Waals surface area contributed by atoms with Crippen LogP contribution in [0.1, 0.15) is 73.3 Å². The second kappa shape index (κ2) is 11.3. The van der Waals surface area contributed by atoms with Crippen LogP contribution in [0.3, 0.4) is 0 Å². The zero-order valence-electron chi connectivity index (χ0n) is 22.6. The molecule has 1 atom stereocenters. The number of allylic oxidation sites excluding steroid dienone is 4. The van der Waals surface area contributed by atoms with Crippen LogP contribution in [-0.2, 0) is 19.3 Å². The molecule has 0 spiro atoms. The van der Waals surface area contributed by atoms with E-state index in [0.717, 1.165) is 43.2 Å². The molecule has 2 aliphatic carbocycles. The first-order valence-corrected chi connectivity index (χ1v) is 14.0. The normalized spacial score (nSPS) is 17.9. The molecule has 5 rings (SSSR count). The Bertz CT molecular complexity index is 1460. The minimum atomic E-state index is 0.565. The molecular weight excluding hydrogens is 444 g/mol. The summed E-state index contributed by atoms with van der Waals surface area (Å²) in [5.41, 5.74) is 11.7. The van der Waals surface area contributed by atoms with Crippen LogP contribution in [-0.4, -0.2) is 0 Å². The van der Waals surface area contributed by atoms with Gasteiger partial charge in [0.15, 0.2) is 0 Å². The minimum Gasteiger partial charge on any atom is -0.0953 e. The molecule has 1 unspecified atom stereocenters. The van der Waals surface area contributed by atoms with Crippen LogP contribution in [0.15, 0.2) is 96.1 Å². The lowest BCUT2D eigenvalue weighted by Gasteiger charge is -2.26. The predicted molar refractivity (Wildman–Crippen MR) is 161 cm³/mol. The fourth-order valence-electron chi connectivity index (χ4n) is 5.75. The van der Waals surface area contributed by atoms with E-state index in [1.165, 1.54) is 57.0 Å². The van der Waals surface area contributed by atoms with Crippen LogP contribution < -0.4 is 10.4 Å². The van der Waals surface area contributed by atoms with Gasteiger partial charge in [0.25, 0.3) is 0 Å². The van der Waals surface area contributed by atoms with Crippen molar-refractivity contribution >= 4 is 18.7 Å². The topological polar surface area (TPSA) is 0 Å². The van der Waals surface area contributed by atoms with Crippen molar-refractivity contribution in [3.63, 3.8) is 0 Å². The quantitative estimate of drug-likeness (QED) is 0.288. The molecular formula is C37H40. The molecule has 3 aromatic rings. The van der Waals surface area contributed by atoms with Gasteiger partial charge < -0.3 is 0 Å². The number of hydrogen-bond donors (Lipinski definition) is 0. The molecule has 3 aromatic carbocycles. The lowest BCUT2D eigenvalue weighted by Crippen LogP contribution is -2.21. The minimum absolute atomic E-state index is 0.565. The van der Waals surface area contributed by atoms with Crippen LogP contribution in [0.2, 0.25) is 0 Å². The van der Waals surface area contributed by atoms with E-state index in [2.05, 4.69) is 106 Å². The van der Waals surface area contributed by atoms with Crippen molar-refractivity contribution < 1.29 is 0 Å². The molecule has 0 heterocycles. The van der Waals surface area contributed by atoms with Gasteiger partial charge in [-0.25, -0.2) is 0 Å². The van der Waals surface area contributed by atoms with Gasteiger partial charge in [0.05, 0.1) is 0 Å². The summed E-state index contributed by atoms with van der Waals surface area (Å²) >= 11 is 0. The first-order valence-electron chi connectivity index (χ1n) is 14.0. The number of aryl methyl sites for hydroxylation is 3. The summed E-state index contributed by atoms with van der Waals surface area (Å²) in [7, 11) is 0. The zero-order chi connectivity index (χ0) is 25.8. The summed E-state index contributed by atoms with van der Waals surface area (Å²) in [5, 5.41) is 2.27. The highest BCUT2D eigenvalue weighted by molar-refractivity contribution is 5.67. The van der Waals surface area contributed by atoms with E-state index in [-0.39, 0.29) is 0 Å². The molecule has 188 valence electrons. The highest BCUT2D eigenvalue weighted by Crippen LogP contribution is 2.45. The summed E-state index contributed by atoms with van der Waals surface area (Å²) in [5.74, 6) is 1.31.